The number of hydrogen-bond donors (Lipinski definition) is 1. The van der Waals surface area contributed by atoms with Crippen molar-refractivity contribution < 1.29 is 4.39 Å². The van der Waals surface area contributed by atoms with Crippen molar-refractivity contribution in [3.8, 4) is 22.4 Å². The maximum absolute atomic E-state index is 13.2. The summed E-state index contributed by atoms with van der Waals surface area (Å²) in [6.07, 6.45) is 5.10. The standard InChI is InChI=1S/C18H12FN3O/c19-14-3-1-13(2-4-14)18-17(12-5-8-20-9-6-12)16-11-15(23)7-10-22(16)21-18/h1-11,21H. The van der Waals surface area contributed by atoms with Crippen LogP contribution in [0.1, 0.15) is 0 Å². The van der Waals surface area contributed by atoms with Gasteiger partial charge in [-0.1, -0.05) is 0 Å². The number of nitrogens with zero attached hydrogens (tertiary/aromatic N) is 2. The normalized spacial score (nSPS) is 11.0. The maximum atomic E-state index is 13.2. The third kappa shape index (κ3) is 2.32. The number of fused-ring (bicyclic) bond motifs is 1. The van der Waals surface area contributed by atoms with Gasteiger partial charge in [0.2, 0.25) is 0 Å². The second-order valence-electron chi connectivity index (χ2n) is 5.22. The van der Waals surface area contributed by atoms with E-state index >= 15 is 0 Å². The summed E-state index contributed by atoms with van der Waals surface area (Å²) < 4.78 is 15.0. The lowest BCUT2D eigenvalue weighted by Gasteiger charge is -2.04. The van der Waals surface area contributed by atoms with Crippen LogP contribution in [0.4, 0.5) is 4.39 Å². The molecule has 3 aromatic heterocycles. The van der Waals surface area contributed by atoms with E-state index in [0.29, 0.717) is 0 Å². The number of hydrogen-bond acceptors (Lipinski definition) is 2. The Morgan fingerprint density at radius 2 is 1.70 bits per heavy atom. The van der Waals surface area contributed by atoms with E-state index < -0.39 is 0 Å². The molecule has 0 fully saturated rings. The van der Waals surface area contributed by atoms with E-state index in [1.165, 1.54) is 18.2 Å². The number of H-pyrrole nitrogens is 1. The third-order valence-electron chi connectivity index (χ3n) is 3.77. The van der Waals surface area contributed by atoms with Crippen LogP contribution in [0.3, 0.4) is 0 Å². The molecule has 0 radical (unpaired) electrons. The summed E-state index contributed by atoms with van der Waals surface area (Å²) >= 11 is 0. The largest absolute Gasteiger partial charge is 0.293 e. The van der Waals surface area contributed by atoms with Crippen molar-refractivity contribution in [1.29, 1.82) is 0 Å². The van der Waals surface area contributed by atoms with E-state index in [0.717, 1.165) is 27.9 Å². The van der Waals surface area contributed by atoms with Crippen LogP contribution in [-0.4, -0.2) is 14.6 Å². The van der Waals surface area contributed by atoms with Crippen molar-refractivity contribution in [1.82, 2.24) is 14.6 Å². The van der Waals surface area contributed by atoms with Crippen LogP contribution in [0, 0.1) is 5.82 Å². The first-order chi connectivity index (χ1) is 11.2. The minimum absolute atomic E-state index is 0.0648. The Bertz CT molecular complexity index is 1030. The molecule has 0 aliphatic carbocycles. The minimum atomic E-state index is -0.287. The second kappa shape index (κ2) is 5.21. The van der Waals surface area contributed by atoms with Gasteiger partial charge >= 0.3 is 0 Å². The molecule has 1 aromatic carbocycles. The zero-order valence-corrected chi connectivity index (χ0v) is 12.0. The molecule has 23 heavy (non-hydrogen) atoms. The molecule has 0 unspecified atom stereocenters. The molecule has 0 spiro atoms. The van der Waals surface area contributed by atoms with Crippen molar-refractivity contribution in [3.05, 3.63) is 83.2 Å². The molecule has 4 nitrogen and oxygen atoms in total. The molecular weight excluding hydrogens is 293 g/mol. The van der Waals surface area contributed by atoms with Gasteiger partial charge in [0.25, 0.3) is 0 Å². The third-order valence-corrected chi connectivity index (χ3v) is 3.77. The number of pyridine rings is 2. The molecule has 0 aliphatic rings. The fourth-order valence-electron chi connectivity index (χ4n) is 2.71. The van der Waals surface area contributed by atoms with Crippen molar-refractivity contribution in [2.45, 2.75) is 0 Å². The first-order valence-electron chi connectivity index (χ1n) is 7.13. The molecular formula is C18H12FN3O. The van der Waals surface area contributed by atoms with E-state index in [2.05, 4.69) is 10.1 Å². The molecule has 0 bridgehead atoms. The van der Waals surface area contributed by atoms with Crippen molar-refractivity contribution >= 4 is 5.52 Å². The highest BCUT2D eigenvalue weighted by molar-refractivity contribution is 5.91. The molecule has 0 amide bonds. The van der Waals surface area contributed by atoms with Crippen LogP contribution in [-0.2, 0) is 0 Å². The molecule has 0 saturated heterocycles. The molecule has 0 atom stereocenters. The van der Waals surface area contributed by atoms with Crippen LogP contribution in [0.5, 0.6) is 0 Å². The number of nitrogens with one attached hydrogen (secondary N) is 1. The van der Waals surface area contributed by atoms with E-state index in [1.54, 1.807) is 41.3 Å². The van der Waals surface area contributed by atoms with Gasteiger partial charge in [-0.15, -0.1) is 0 Å². The SMILES string of the molecule is O=c1ccn2[nH]c(-c3ccc(F)cc3)c(-c3ccncc3)c2c1. The van der Waals surface area contributed by atoms with Crippen molar-refractivity contribution in [3.63, 3.8) is 0 Å². The topological polar surface area (TPSA) is 50.2 Å². The van der Waals surface area contributed by atoms with E-state index in [9.17, 15) is 9.18 Å². The average Bonchev–Trinajstić information content (AvgIpc) is 2.95. The van der Waals surface area contributed by atoms with Gasteiger partial charge in [0.15, 0.2) is 5.43 Å². The minimum Gasteiger partial charge on any atom is -0.293 e. The fourth-order valence-corrected chi connectivity index (χ4v) is 2.71. The van der Waals surface area contributed by atoms with Crippen LogP contribution in [0.15, 0.2) is 71.9 Å². The monoisotopic (exact) mass is 305 g/mol. The van der Waals surface area contributed by atoms with Gasteiger partial charge in [0.1, 0.15) is 5.82 Å². The second-order valence-corrected chi connectivity index (χ2v) is 5.22. The van der Waals surface area contributed by atoms with Crippen LogP contribution < -0.4 is 5.43 Å². The van der Waals surface area contributed by atoms with Gasteiger partial charge in [0.05, 0.1) is 11.2 Å². The van der Waals surface area contributed by atoms with Gasteiger partial charge in [0, 0.05) is 41.9 Å². The molecule has 0 aliphatic heterocycles. The Kier molecular flexibility index (Phi) is 3.05. The molecule has 4 rings (SSSR count). The highest BCUT2D eigenvalue weighted by Crippen LogP contribution is 2.34. The van der Waals surface area contributed by atoms with Gasteiger partial charge in [-0.3, -0.25) is 19.4 Å². The Morgan fingerprint density at radius 3 is 2.43 bits per heavy atom. The van der Waals surface area contributed by atoms with Crippen LogP contribution in [0.2, 0.25) is 0 Å². The highest BCUT2D eigenvalue weighted by Gasteiger charge is 2.15. The molecule has 1 N–H and O–H groups in total. The Labute approximate surface area is 130 Å². The summed E-state index contributed by atoms with van der Waals surface area (Å²) in [5.41, 5.74) is 4.18. The van der Waals surface area contributed by atoms with Gasteiger partial charge in [-0.2, -0.15) is 0 Å². The number of aromatic amines is 1. The summed E-state index contributed by atoms with van der Waals surface area (Å²) in [7, 11) is 0. The van der Waals surface area contributed by atoms with Crippen LogP contribution in [0.25, 0.3) is 27.9 Å². The molecule has 4 aromatic rings. The number of rotatable bonds is 2. The Hall–Kier alpha value is -3.21. The molecule has 112 valence electrons. The maximum Gasteiger partial charge on any atom is 0.182 e. The lowest BCUT2D eigenvalue weighted by molar-refractivity contribution is 0.628. The summed E-state index contributed by atoms with van der Waals surface area (Å²) in [6, 6.07) is 13.1. The van der Waals surface area contributed by atoms with Crippen molar-refractivity contribution in [2.75, 3.05) is 0 Å². The number of benzene rings is 1. The van der Waals surface area contributed by atoms with Gasteiger partial charge < -0.3 is 0 Å². The lowest BCUT2D eigenvalue weighted by Crippen LogP contribution is -1.98. The van der Waals surface area contributed by atoms with E-state index in [4.69, 9.17) is 0 Å². The zero-order chi connectivity index (χ0) is 15.8. The summed E-state index contributed by atoms with van der Waals surface area (Å²) in [5.74, 6) is -0.287. The van der Waals surface area contributed by atoms with Crippen molar-refractivity contribution in [2.24, 2.45) is 0 Å². The summed E-state index contributed by atoms with van der Waals surface area (Å²) in [4.78, 5) is 15.8. The average molecular weight is 305 g/mol. The fraction of sp³-hybridized carbons (Fsp3) is 0. The first-order valence-corrected chi connectivity index (χ1v) is 7.13. The Morgan fingerprint density at radius 1 is 0.957 bits per heavy atom. The number of aromatic nitrogens is 3. The molecule has 5 heteroatoms. The summed E-state index contributed by atoms with van der Waals surface area (Å²) in [5, 5.41) is 3.26. The molecule has 0 saturated carbocycles. The number of halogens is 1. The predicted octanol–water partition coefficient (Wildman–Crippen LogP) is 3.50. The quantitative estimate of drug-likeness (QED) is 0.616. The molecule has 3 heterocycles. The van der Waals surface area contributed by atoms with E-state index in [1.807, 2.05) is 12.1 Å². The summed E-state index contributed by atoms with van der Waals surface area (Å²) in [6.45, 7) is 0. The van der Waals surface area contributed by atoms with Crippen LogP contribution >= 0.6 is 0 Å². The Balaban J connectivity index is 2.07. The zero-order valence-electron chi connectivity index (χ0n) is 12.0. The lowest BCUT2D eigenvalue weighted by atomic mass is 10.0. The smallest absolute Gasteiger partial charge is 0.182 e. The van der Waals surface area contributed by atoms with Gasteiger partial charge in [-0.05, 0) is 42.0 Å². The first kappa shape index (κ1) is 13.5. The van der Waals surface area contributed by atoms with E-state index in [-0.39, 0.29) is 11.2 Å². The highest BCUT2D eigenvalue weighted by atomic mass is 19.1. The van der Waals surface area contributed by atoms with Gasteiger partial charge in [-0.25, -0.2) is 4.39 Å². The predicted molar refractivity (Wildman–Crippen MR) is 86.6 cm³/mol.